The number of nitrogens with zero attached hydrogens (tertiary/aromatic N) is 3. The topological polar surface area (TPSA) is 105 Å². The molecule has 1 aliphatic rings. The second kappa shape index (κ2) is 7.86. The highest BCUT2D eigenvalue weighted by Crippen LogP contribution is 2.17. The molecule has 0 radical (unpaired) electrons. The summed E-state index contributed by atoms with van der Waals surface area (Å²) in [6.45, 7) is 2.38. The fraction of sp³-hybridized carbons (Fsp3) is 0.471. The van der Waals surface area contributed by atoms with Gasteiger partial charge in [-0.1, -0.05) is 35.5 Å². The van der Waals surface area contributed by atoms with Crippen LogP contribution in [0, 0.1) is 0 Å². The molecular weight excluding hydrogens is 356 g/mol. The number of hydrogen-bond acceptors (Lipinski definition) is 6. The summed E-state index contributed by atoms with van der Waals surface area (Å²) in [5.74, 6) is 1.03. The van der Waals surface area contributed by atoms with Crippen molar-refractivity contribution in [2.24, 2.45) is 0 Å². The normalized spacial score (nSPS) is 18.6. The van der Waals surface area contributed by atoms with Crippen molar-refractivity contribution < 1.29 is 17.7 Å². The van der Waals surface area contributed by atoms with Gasteiger partial charge in [-0.05, 0) is 18.9 Å². The van der Waals surface area contributed by atoms with E-state index in [1.165, 1.54) is 0 Å². The highest BCUT2D eigenvalue weighted by atomic mass is 32.2. The number of hydrogen-bond donors (Lipinski definition) is 1. The standard InChI is InChI=1S/C17H22N4O4S/c1-2-21(14-8-9-26(23,24)12-14)17(22)18-11-16-19-15(20-25-16)10-13-6-4-3-5-7-13/h3-7,14H,2,8-12H2,1H3,(H,18,22). The maximum absolute atomic E-state index is 12.4. The van der Waals surface area contributed by atoms with Crippen LogP contribution in [0.3, 0.4) is 0 Å². The van der Waals surface area contributed by atoms with Gasteiger partial charge in [-0.15, -0.1) is 0 Å². The van der Waals surface area contributed by atoms with Crippen molar-refractivity contribution in [1.82, 2.24) is 20.4 Å². The molecule has 140 valence electrons. The fourth-order valence-electron chi connectivity index (χ4n) is 3.05. The lowest BCUT2D eigenvalue weighted by atomic mass is 10.1. The third-order valence-corrected chi connectivity index (χ3v) is 6.11. The molecular formula is C17H22N4O4S. The molecule has 1 saturated heterocycles. The molecule has 2 amide bonds. The average molecular weight is 378 g/mol. The van der Waals surface area contributed by atoms with Gasteiger partial charge in [-0.3, -0.25) is 0 Å². The number of carbonyl (C=O) groups excluding carboxylic acids is 1. The summed E-state index contributed by atoms with van der Waals surface area (Å²) in [6.07, 6.45) is 1.03. The first kappa shape index (κ1) is 18.4. The number of carbonyl (C=O) groups is 1. The van der Waals surface area contributed by atoms with E-state index in [0.717, 1.165) is 5.56 Å². The zero-order valence-corrected chi connectivity index (χ0v) is 15.4. The van der Waals surface area contributed by atoms with Gasteiger partial charge in [0.25, 0.3) is 0 Å². The predicted molar refractivity (Wildman–Crippen MR) is 95.2 cm³/mol. The smallest absolute Gasteiger partial charge is 0.318 e. The van der Waals surface area contributed by atoms with Crippen molar-refractivity contribution >= 4 is 15.9 Å². The SMILES string of the molecule is CCN(C(=O)NCc1nc(Cc2ccccc2)no1)C1CCS(=O)(=O)C1. The van der Waals surface area contributed by atoms with Crippen LogP contribution in [0.4, 0.5) is 4.79 Å². The highest BCUT2D eigenvalue weighted by Gasteiger charge is 2.33. The monoisotopic (exact) mass is 378 g/mol. The van der Waals surface area contributed by atoms with Gasteiger partial charge >= 0.3 is 6.03 Å². The minimum Gasteiger partial charge on any atom is -0.337 e. The van der Waals surface area contributed by atoms with Crippen LogP contribution in [0.1, 0.15) is 30.6 Å². The van der Waals surface area contributed by atoms with E-state index in [4.69, 9.17) is 4.52 Å². The Morgan fingerprint density at radius 3 is 2.77 bits per heavy atom. The summed E-state index contributed by atoms with van der Waals surface area (Å²) in [6, 6.07) is 9.19. The Labute approximate surface area is 152 Å². The first-order valence-corrected chi connectivity index (χ1v) is 10.4. The third-order valence-electron chi connectivity index (χ3n) is 4.36. The van der Waals surface area contributed by atoms with Gasteiger partial charge in [0.15, 0.2) is 15.7 Å². The zero-order chi connectivity index (χ0) is 18.6. The van der Waals surface area contributed by atoms with Gasteiger partial charge in [0.1, 0.15) is 0 Å². The van der Waals surface area contributed by atoms with Crippen molar-refractivity contribution in [3.63, 3.8) is 0 Å². The van der Waals surface area contributed by atoms with Crippen molar-refractivity contribution in [3.05, 3.63) is 47.6 Å². The molecule has 1 aromatic carbocycles. The zero-order valence-electron chi connectivity index (χ0n) is 14.6. The average Bonchev–Trinajstić information content (AvgIpc) is 3.21. The van der Waals surface area contributed by atoms with E-state index in [9.17, 15) is 13.2 Å². The summed E-state index contributed by atoms with van der Waals surface area (Å²) >= 11 is 0. The Morgan fingerprint density at radius 1 is 1.35 bits per heavy atom. The molecule has 0 aliphatic carbocycles. The molecule has 2 aromatic rings. The van der Waals surface area contributed by atoms with E-state index in [1.54, 1.807) is 4.90 Å². The molecule has 9 heteroatoms. The summed E-state index contributed by atoms with van der Waals surface area (Å²) in [4.78, 5) is 18.2. The molecule has 8 nitrogen and oxygen atoms in total. The molecule has 0 spiro atoms. The Bertz CT molecular complexity index is 851. The Balaban J connectivity index is 1.54. The summed E-state index contributed by atoms with van der Waals surface area (Å²) in [5.41, 5.74) is 1.07. The van der Waals surface area contributed by atoms with Crippen molar-refractivity contribution in [3.8, 4) is 0 Å². The fourth-order valence-corrected chi connectivity index (χ4v) is 4.78. The first-order valence-electron chi connectivity index (χ1n) is 8.57. The molecule has 0 bridgehead atoms. The predicted octanol–water partition coefficient (Wildman–Crippen LogP) is 1.38. The lowest BCUT2D eigenvalue weighted by Crippen LogP contribution is -2.46. The van der Waals surface area contributed by atoms with Gasteiger partial charge in [0, 0.05) is 19.0 Å². The quantitative estimate of drug-likeness (QED) is 0.814. The Kier molecular flexibility index (Phi) is 5.55. The summed E-state index contributed by atoms with van der Waals surface area (Å²) in [5, 5.41) is 6.65. The van der Waals surface area contributed by atoms with E-state index in [2.05, 4.69) is 15.5 Å². The van der Waals surface area contributed by atoms with Crippen LogP contribution in [-0.4, -0.2) is 53.6 Å². The van der Waals surface area contributed by atoms with E-state index in [0.29, 0.717) is 31.1 Å². The lowest BCUT2D eigenvalue weighted by molar-refractivity contribution is 0.182. The number of aromatic nitrogens is 2. The Morgan fingerprint density at radius 2 is 2.12 bits per heavy atom. The van der Waals surface area contributed by atoms with Crippen LogP contribution in [-0.2, 0) is 22.8 Å². The van der Waals surface area contributed by atoms with Crippen LogP contribution >= 0.6 is 0 Å². The van der Waals surface area contributed by atoms with Crippen molar-refractivity contribution in [2.45, 2.75) is 32.4 Å². The van der Waals surface area contributed by atoms with Gasteiger partial charge in [0.05, 0.1) is 18.1 Å². The van der Waals surface area contributed by atoms with Crippen LogP contribution in [0.5, 0.6) is 0 Å². The number of nitrogens with one attached hydrogen (secondary N) is 1. The number of rotatable bonds is 6. The molecule has 26 heavy (non-hydrogen) atoms. The molecule has 1 aromatic heterocycles. The van der Waals surface area contributed by atoms with E-state index in [-0.39, 0.29) is 30.1 Å². The van der Waals surface area contributed by atoms with Crippen molar-refractivity contribution in [1.29, 1.82) is 0 Å². The molecule has 1 fully saturated rings. The third kappa shape index (κ3) is 4.60. The van der Waals surface area contributed by atoms with Gasteiger partial charge in [-0.25, -0.2) is 13.2 Å². The van der Waals surface area contributed by atoms with Gasteiger partial charge in [0.2, 0.25) is 5.89 Å². The minimum atomic E-state index is -3.04. The number of amides is 2. The molecule has 1 atom stereocenters. The maximum Gasteiger partial charge on any atom is 0.318 e. The lowest BCUT2D eigenvalue weighted by Gasteiger charge is -2.26. The van der Waals surface area contributed by atoms with E-state index >= 15 is 0 Å². The number of sulfone groups is 1. The molecule has 0 saturated carbocycles. The maximum atomic E-state index is 12.4. The van der Waals surface area contributed by atoms with E-state index < -0.39 is 9.84 Å². The molecule has 2 heterocycles. The number of benzene rings is 1. The van der Waals surface area contributed by atoms with Gasteiger partial charge < -0.3 is 14.7 Å². The van der Waals surface area contributed by atoms with Gasteiger partial charge in [-0.2, -0.15) is 4.98 Å². The van der Waals surface area contributed by atoms with Crippen LogP contribution < -0.4 is 5.32 Å². The van der Waals surface area contributed by atoms with Crippen LogP contribution in [0.15, 0.2) is 34.9 Å². The minimum absolute atomic E-state index is 0.0239. The second-order valence-electron chi connectivity index (χ2n) is 6.27. The highest BCUT2D eigenvalue weighted by molar-refractivity contribution is 7.91. The molecule has 1 aliphatic heterocycles. The van der Waals surface area contributed by atoms with Crippen LogP contribution in [0.2, 0.25) is 0 Å². The molecule has 1 N–H and O–H groups in total. The van der Waals surface area contributed by atoms with Crippen molar-refractivity contribution in [2.75, 3.05) is 18.1 Å². The number of urea groups is 1. The second-order valence-corrected chi connectivity index (χ2v) is 8.50. The summed E-state index contributed by atoms with van der Waals surface area (Å²) in [7, 11) is -3.04. The molecule has 3 rings (SSSR count). The largest absolute Gasteiger partial charge is 0.337 e. The Hall–Kier alpha value is -2.42. The van der Waals surface area contributed by atoms with Crippen LogP contribution in [0.25, 0.3) is 0 Å². The summed E-state index contributed by atoms with van der Waals surface area (Å²) < 4.78 is 28.4. The first-order chi connectivity index (χ1) is 12.5. The van der Waals surface area contributed by atoms with E-state index in [1.807, 2.05) is 37.3 Å². The molecule has 1 unspecified atom stereocenters.